The van der Waals surface area contributed by atoms with Crippen molar-refractivity contribution < 1.29 is 9.90 Å². The highest BCUT2D eigenvalue weighted by molar-refractivity contribution is 5.84. The summed E-state index contributed by atoms with van der Waals surface area (Å²) in [5, 5.41) is 9.44. The van der Waals surface area contributed by atoms with Gasteiger partial charge in [0.25, 0.3) is 0 Å². The molecule has 0 aromatic heterocycles. The van der Waals surface area contributed by atoms with Crippen molar-refractivity contribution in [1.82, 2.24) is 4.90 Å². The van der Waals surface area contributed by atoms with Crippen LogP contribution in [0.15, 0.2) is 0 Å². The number of carbonyl (C=O) groups is 1. The first-order chi connectivity index (χ1) is 8.19. The van der Waals surface area contributed by atoms with Crippen LogP contribution in [0.4, 0.5) is 0 Å². The predicted octanol–water partition coefficient (Wildman–Crippen LogP) is 1.94. The molecule has 1 spiro atoms. The number of fused-ring (bicyclic) bond motifs is 2. The second kappa shape index (κ2) is 3.98. The Labute approximate surface area is 103 Å². The zero-order valence-corrected chi connectivity index (χ0v) is 10.7. The van der Waals surface area contributed by atoms with Crippen LogP contribution in [0, 0.1) is 11.8 Å². The van der Waals surface area contributed by atoms with Gasteiger partial charge in [-0.2, -0.15) is 0 Å². The van der Waals surface area contributed by atoms with Gasteiger partial charge in [-0.05, 0) is 43.9 Å². The molecule has 2 saturated heterocycles. The fourth-order valence-electron chi connectivity index (χ4n) is 4.72. The van der Waals surface area contributed by atoms with Crippen LogP contribution >= 0.6 is 0 Å². The van der Waals surface area contributed by atoms with E-state index < -0.39 is 0 Å². The van der Waals surface area contributed by atoms with Crippen LogP contribution in [0.3, 0.4) is 0 Å². The molecule has 1 amide bonds. The lowest BCUT2D eigenvalue weighted by atomic mass is 9.68. The van der Waals surface area contributed by atoms with Crippen LogP contribution in [-0.2, 0) is 4.79 Å². The number of hydrogen-bond donors (Lipinski definition) is 1. The average Bonchev–Trinajstić information content (AvgIpc) is 2.70. The Morgan fingerprint density at radius 1 is 1.41 bits per heavy atom. The molecule has 96 valence electrons. The van der Waals surface area contributed by atoms with E-state index in [-0.39, 0.29) is 12.1 Å². The van der Waals surface area contributed by atoms with Gasteiger partial charge < -0.3 is 10.0 Å². The number of piperidine rings is 1. The molecule has 2 heterocycles. The van der Waals surface area contributed by atoms with E-state index in [1.165, 1.54) is 38.5 Å². The molecule has 1 N–H and O–H groups in total. The zero-order chi connectivity index (χ0) is 12.0. The lowest BCUT2D eigenvalue weighted by molar-refractivity contribution is -0.169. The first-order valence-electron chi connectivity index (χ1n) is 7.12. The summed E-state index contributed by atoms with van der Waals surface area (Å²) in [6.45, 7) is 2.41. The first kappa shape index (κ1) is 11.5. The molecular weight excluding hydrogens is 214 g/mol. The molecule has 2 aliphatic heterocycles. The molecule has 3 heteroatoms. The molecule has 0 aromatic rings. The summed E-state index contributed by atoms with van der Waals surface area (Å²) in [5.74, 6) is 1.23. The normalized spacial score (nSPS) is 42.5. The molecule has 1 saturated carbocycles. The number of aliphatic hydroxyl groups is 1. The monoisotopic (exact) mass is 237 g/mol. The third-order valence-corrected chi connectivity index (χ3v) is 5.46. The topological polar surface area (TPSA) is 40.5 Å². The number of amides is 1. The molecule has 0 aromatic carbocycles. The number of hydrogen-bond acceptors (Lipinski definition) is 2. The van der Waals surface area contributed by atoms with Gasteiger partial charge in [0.15, 0.2) is 0 Å². The number of nitrogens with zero attached hydrogens (tertiary/aromatic N) is 1. The van der Waals surface area contributed by atoms with Crippen LogP contribution in [-0.4, -0.2) is 34.1 Å². The molecule has 1 aliphatic carbocycles. The maximum absolute atomic E-state index is 11.9. The minimum absolute atomic E-state index is 0.125. The standard InChI is InChI=1S/C14H23NO2/c1-10(9-16)12-5-3-7-14(12)6-2-4-11-8-13(17)15(11)14/h10-12,16H,2-9H2,1H3/t10-,11+,12+,14+/m0/s1. The van der Waals surface area contributed by atoms with E-state index >= 15 is 0 Å². The quantitative estimate of drug-likeness (QED) is 0.746. The summed E-state index contributed by atoms with van der Waals surface area (Å²) in [6.07, 6.45) is 8.01. The van der Waals surface area contributed by atoms with Gasteiger partial charge in [0.05, 0.1) is 0 Å². The molecule has 0 radical (unpaired) electrons. The second-order valence-corrected chi connectivity index (χ2v) is 6.28. The summed E-state index contributed by atoms with van der Waals surface area (Å²) in [6, 6.07) is 0.530. The van der Waals surface area contributed by atoms with Gasteiger partial charge in [-0.1, -0.05) is 13.3 Å². The van der Waals surface area contributed by atoms with Gasteiger partial charge >= 0.3 is 0 Å². The predicted molar refractivity (Wildman–Crippen MR) is 65.4 cm³/mol. The Kier molecular flexibility index (Phi) is 2.69. The Morgan fingerprint density at radius 3 is 2.76 bits per heavy atom. The summed E-state index contributed by atoms with van der Waals surface area (Å²) in [7, 11) is 0. The smallest absolute Gasteiger partial charge is 0.225 e. The molecule has 3 nitrogen and oxygen atoms in total. The Bertz CT molecular complexity index is 330. The highest BCUT2D eigenvalue weighted by Gasteiger charge is 2.57. The fourth-order valence-corrected chi connectivity index (χ4v) is 4.72. The number of carbonyl (C=O) groups excluding carboxylic acids is 1. The fraction of sp³-hybridized carbons (Fsp3) is 0.929. The van der Waals surface area contributed by atoms with Gasteiger partial charge in [0.1, 0.15) is 0 Å². The third-order valence-electron chi connectivity index (χ3n) is 5.46. The average molecular weight is 237 g/mol. The van der Waals surface area contributed by atoms with Crippen LogP contribution in [0.1, 0.15) is 51.9 Å². The molecule has 3 aliphatic rings. The largest absolute Gasteiger partial charge is 0.396 e. The number of rotatable bonds is 2. The maximum atomic E-state index is 11.9. The van der Waals surface area contributed by atoms with Gasteiger partial charge in [0.2, 0.25) is 5.91 Å². The van der Waals surface area contributed by atoms with Crippen molar-refractivity contribution in [3.8, 4) is 0 Å². The van der Waals surface area contributed by atoms with Crippen LogP contribution in [0.2, 0.25) is 0 Å². The molecule has 3 fully saturated rings. The number of aliphatic hydroxyl groups excluding tert-OH is 1. The van der Waals surface area contributed by atoms with Crippen LogP contribution in [0.5, 0.6) is 0 Å². The summed E-state index contributed by atoms with van der Waals surface area (Å²) < 4.78 is 0. The number of β-lactam (4-membered cyclic amide) rings is 1. The van der Waals surface area contributed by atoms with Crippen molar-refractivity contribution in [2.45, 2.75) is 63.5 Å². The lowest BCUT2D eigenvalue weighted by Crippen LogP contribution is -2.68. The minimum atomic E-state index is 0.125. The van der Waals surface area contributed by atoms with Crippen molar-refractivity contribution >= 4 is 5.91 Å². The lowest BCUT2D eigenvalue weighted by Gasteiger charge is -2.59. The van der Waals surface area contributed by atoms with Gasteiger partial charge in [-0.3, -0.25) is 4.79 Å². The van der Waals surface area contributed by atoms with Crippen LogP contribution < -0.4 is 0 Å². The Hall–Kier alpha value is -0.570. The van der Waals surface area contributed by atoms with Crippen molar-refractivity contribution in [3.05, 3.63) is 0 Å². The molecular formula is C14H23NO2. The third kappa shape index (κ3) is 1.48. The van der Waals surface area contributed by atoms with E-state index in [4.69, 9.17) is 0 Å². The molecule has 0 unspecified atom stereocenters. The van der Waals surface area contributed by atoms with Gasteiger partial charge in [-0.25, -0.2) is 0 Å². The minimum Gasteiger partial charge on any atom is -0.396 e. The van der Waals surface area contributed by atoms with Crippen molar-refractivity contribution in [2.24, 2.45) is 11.8 Å². The SMILES string of the molecule is C[C@@H](CO)[C@H]1CCC[C@]12CCC[C@@H]1CC(=O)N12. The van der Waals surface area contributed by atoms with Crippen molar-refractivity contribution in [2.75, 3.05) is 6.61 Å². The molecule has 4 atom stereocenters. The van der Waals surface area contributed by atoms with E-state index in [1.807, 2.05) is 0 Å². The van der Waals surface area contributed by atoms with Gasteiger partial charge in [0, 0.05) is 24.6 Å². The first-order valence-corrected chi connectivity index (χ1v) is 7.12. The van der Waals surface area contributed by atoms with E-state index in [1.54, 1.807) is 0 Å². The van der Waals surface area contributed by atoms with E-state index in [9.17, 15) is 9.90 Å². The Balaban J connectivity index is 1.89. The van der Waals surface area contributed by atoms with E-state index in [0.717, 1.165) is 6.42 Å². The summed E-state index contributed by atoms with van der Waals surface area (Å²) >= 11 is 0. The van der Waals surface area contributed by atoms with Crippen LogP contribution in [0.25, 0.3) is 0 Å². The van der Waals surface area contributed by atoms with Gasteiger partial charge in [-0.15, -0.1) is 0 Å². The van der Waals surface area contributed by atoms with Crippen molar-refractivity contribution in [3.63, 3.8) is 0 Å². The van der Waals surface area contributed by atoms with Crippen molar-refractivity contribution in [1.29, 1.82) is 0 Å². The second-order valence-electron chi connectivity index (χ2n) is 6.28. The maximum Gasteiger partial charge on any atom is 0.225 e. The molecule has 3 rings (SSSR count). The Morgan fingerprint density at radius 2 is 2.12 bits per heavy atom. The van der Waals surface area contributed by atoms with E-state index in [2.05, 4.69) is 11.8 Å². The zero-order valence-electron chi connectivity index (χ0n) is 10.7. The highest BCUT2D eigenvalue weighted by atomic mass is 16.3. The molecule has 0 bridgehead atoms. The summed E-state index contributed by atoms with van der Waals surface area (Å²) in [4.78, 5) is 14.2. The van der Waals surface area contributed by atoms with E-state index in [0.29, 0.717) is 23.8 Å². The highest BCUT2D eigenvalue weighted by Crippen LogP contribution is 2.53. The molecule has 17 heavy (non-hydrogen) atoms. The summed E-state index contributed by atoms with van der Waals surface area (Å²) in [5.41, 5.74) is 0.125.